The maximum Gasteiger partial charge on any atom is 0.213 e. The first-order valence-corrected chi connectivity index (χ1v) is 6.81. The van der Waals surface area contributed by atoms with Crippen LogP contribution in [0.25, 0.3) is 0 Å². The Morgan fingerprint density at radius 3 is 2.67 bits per heavy atom. The van der Waals surface area contributed by atoms with E-state index in [0.717, 1.165) is 44.3 Å². The van der Waals surface area contributed by atoms with E-state index in [9.17, 15) is 0 Å². The van der Waals surface area contributed by atoms with Gasteiger partial charge in [-0.05, 0) is 25.7 Å². The van der Waals surface area contributed by atoms with E-state index in [1.165, 1.54) is 0 Å². The van der Waals surface area contributed by atoms with Crippen LogP contribution in [0.5, 0.6) is 5.88 Å². The van der Waals surface area contributed by atoms with Gasteiger partial charge in [0.2, 0.25) is 5.88 Å². The molecule has 0 radical (unpaired) electrons. The smallest absolute Gasteiger partial charge is 0.213 e. The lowest BCUT2D eigenvalue weighted by molar-refractivity contribution is 0.217. The molecule has 0 atom stereocenters. The third-order valence-electron chi connectivity index (χ3n) is 2.89. The molecule has 4 heteroatoms. The van der Waals surface area contributed by atoms with Crippen molar-refractivity contribution in [2.24, 2.45) is 0 Å². The van der Waals surface area contributed by atoms with E-state index in [1.54, 1.807) is 0 Å². The first-order chi connectivity index (χ1) is 8.80. The van der Waals surface area contributed by atoms with Gasteiger partial charge >= 0.3 is 0 Å². The molecule has 1 N–H and O–H groups in total. The van der Waals surface area contributed by atoms with Gasteiger partial charge in [-0.25, -0.2) is 4.98 Å². The summed E-state index contributed by atoms with van der Waals surface area (Å²) in [4.78, 5) is 6.79. The topological polar surface area (TPSA) is 37.4 Å². The minimum Gasteiger partial charge on any atom is -0.476 e. The molecule has 0 bridgehead atoms. The standard InChI is InChI=1S/C14H25N3O/c1-4-15-12-13-8-7-9-14(16-13)18-11-10-17(5-2)6-3/h7-9,15H,4-6,10-12H2,1-3H3. The van der Waals surface area contributed by atoms with Crippen LogP contribution in [-0.4, -0.2) is 42.7 Å². The Labute approximate surface area is 110 Å². The van der Waals surface area contributed by atoms with Gasteiger partial charge in [-0.2, -0.15) is 0 Å². The van der Waals surface area contributed by atoms with Gasteiger partial charge in [0, 0.05) is 19.2 Å². The Morgan fingerprint density at radius 1 is 1.22 bits per heavy atom. The van der Waals surface area contributed by atoms with Crippen molar-refractivity contribution in [1.82, 2.24) is 15.2 Å². The van der Waals surface area contributed by atoms with Gasteiger partial charge in [-0.3, -0.25) is 0 Å². The Kier molecular flexibility index (Phi) is 7.37. The van der Waals surface area contributed by atoms with Crippen LogP contribution >= 0.6 is 0 Å². The maximum absolute atomic E-state index is 5.68. The Balaban J connectivity index is 2.37. The molecule has 0 saturated heterocycles. The highest BCUT2D eigenvalue weighted by molar-refractivity contribution is 5.15. The van der Waals surface area contributed by atoms with Gasteiger partial charge in [-0.1, -0.05) is 26.8 Å². The summed E-state index contributed by atoms with van der Waals surface area (Å²) in [6, 6.07) is 5.92. The van der Waals surface area contributed by atoms with Crippen molar-refractivity contribution in [1.29, 1.82) is 0 Å². The number of pyridine rings is 1. The van der Waals surface area contributed by atoms with Crippen molar-refractivity contribution in [2.45, 2.75) is 27.3 Å². The number of aromatic nitrogens is 1. The lowest BCUT2D eigenvalue weighted by atomic mass is 10.3. The number of ether oxygens (including phenoxy) is 1. The number of likely N-dealkylation sites (N-methyl/N-ethyl adjacent to an activating group) is 1. The Hall–Kier alpha value is -1.13. The van der Waals surface area contributed by atoms with Crippen molar-refractivity contribution in [3.05, 3.63) is 23.9 Å². The van der Waals surface area contributed by atoms with Crippen LogP contribution in [0.15, 0.2) is 18.2 Å². The molecule has 1 aromatic heterocycles. The van der Waals surface area contributed by atoms with Gasteiger partial charge in [0.05, 0.1) is 5.69 Å². The van der Waals surface area contributed by atoms with Crippen molar-refractivity contribution in [2.75, 3.05) is 32.8 Å². The predicted octanol–water partition coefficient (Wildman–Crippen LogP) is 1.91. The molecule has 0 aromatic carbocycles. The summed E-state index contributed by atoms with van der Waals surface area (Å²) in [5.41, 5.74) is 1.03. The normalized spacial score (nSPS) is 10.9. The third kappa shape index (κ3) is 5.47. The molecule has 0 fully saturated rings. The molecule has 0 unspecified atom stereocenters. The molecule has 0 amide bonds. The van der Waals surface area contributed by atoms with Crippen LogP contribution < -0.4 is 10.1 Å². The number of nitrogens with zero attached hydrogens (tertiary/aromatic N) is 2. The summed E-state index contributed by atoms with van der Waals surface area (Å²) < 4.78 is 5.68. The molecule has 1 heterocycles. The third-order valence-corrected chi connectivity index (χ3v) is 2.89. The van der Waals surface area contributed by atoms with Crippen LogP contribution in [0.1, 0.15) is 26.5 Å². The van der Waals surface area contributed by atoms with E-state index in [4.69, 9.17) is 4.74 Å². The largest absolute Gasteiger partial charge is 0.476 e. The molecule has 0 spiro atoms. The van der Waals surface area contributed by atoms with Crippen LogP contribution in [0.3, 0.4) is 0 Å². The van der Waals surface area contributed by atoms with E-state index < -0.39 is 0 Å². The highest BCUT2D eigenvalue weighted by Crippen LogP contribution is 2.07. The molecule has 0 aliphatic carbocycles. The summed E-state index contributed by atoms with van der Waals surface area (Å²) in [6.07, 6.45) is 0. The van der Waals surface area contributed by atoms with E-state index in [1.807, 2.05) is 18.2 Å². The Bertz CT molecular complexity index is 327. The molecular formula is C14H25N3O. The second kappa shape index (κ2) is 8.89. The molecule has 18 heavy (non-hydrogen) atoms. The van der Waals surface area contributed by atoms with Gasteiger partial charge in [-0.15, -0.1) is 0 Å². The first-order valence-electron chi connectivity index (χ1n) is 6.81. The summed E-state index contributed by atoms with van der Waals surface area (Å²) >= 11 is 0. The molecule has 0 aliphatic rings. The van der Waals surface area contributed by atoms with E-state index in [-0.39, 0.29) is 0 Å². The quantitative estimate of drug-likeness (QED) is 0.727. The molecule has 1 aromatic rings. The van der Waals surface area contributed by atoms with Crippen LogP contribution in [0.2, 0.25) is 0 Å². The summed E-state index contributed by atoms with van der Waals surface area (Å²) in [7, 11) is 0. The second-order valence-corrected chi connectivity index (χ2v) is 4.12. The number of rotatable bonds is 9. The minimum absolute atomic E-state index is 0.694. The number of nitrogens with one attached hydrogen (secondary N) is 1. The Morgan fingerprint density at radius 2 is 2.00 bits per heavy atom. The SMILES string of the molecule is CCNCc1cccc(OCCN(CC)CC)n1. The highest BCUT2D eigenvalue weighted by Gasteiger charge is 2.01. The van der Waals surface area contributed by atoms with Crippen molar-refractivity contribution >= 4 is 0 Å². The zero-order chi connectivity index (χ0) is 13.2. The average Bonchev–Trinajstić information content (AvgIpc) is 2.42. The fraction of sp³-hybridized carbons (Fsp3) is 0.643. The van der Waals surface area contributed by atoms with E-state index >= 15 is 0 Å². The molecule has 0 aliphatic heterocycles. The zero-order valence-corrected chi connectivity index (χ0v) is 11.8. The average molecular weight is 251 g/mol. The number of hydrogen-bond donors (Lipinski definition) is 1. The minimum atomic E-state index is 0.694. The van der Waals surface area contributed by atoms with Crippen molar-refractivity contribution < 1.29 is 4.74 Å². The predicted molar refractivity (Wildman–Crippen MR) is 74.9 cm³/mol. The lowest BCUT2D eigenvalue weighted by Gasteiger charge is -2.17. The molecule has 0 saturated carbocycles. The van der Waals surface area contributed by atoms with E-state index in [0.29, 0.717) is 6.61 Å². The lowest BCUT2D eigenvalue weighted by Crippen LogP contribution is -2.28. The molecular weight excluding hydrogens is 226 g/mol. The van der Waals surface area contributed by atoms with Crippen LogP contribution in [0, 0.1) is 0 Å². The van der Waals surface area contributed by atoms with Crippen molar-refractivity contribution in [3.63, 3.8) is 0 Å². The first kappa shape index (κ1) is 14.9. The van der Waals surface area contributed by atoms with Crippen LogP contribution in [0.4, 0.5) is 0 Å². The maximum atomic E-state index is 5.68. The van der Waals surface area contributed by atoms with Gasteiger partial charge in [0.15, 0.2) is 0 Å². The molecule has 1 rings (SSSR count). The van der Waals surface area contributed by atoms with E-state index in [2.05, 4.69) is 36.0 Å². The van der Waals surface area contributed by atoms with Crippen molar-refractivity contribution in [3.8, 4) is 5.88 Å². The molecule has 102 valence electrons. The fourth-order valence-corrected chi connectivity index (χ4v) is 1.71. The van der Waals surface area contributed by atoms with Crippen LogP contribution in [-0.2, 0) is 6.54 Å². The molecule has 4 nitrogen and oxygen atoms in total. The zero-order valence-electron chi connectivity index (χ0n) is 11.8. The number of hydrogen-bond acceptors (Lipinski definition) is 4. The monoisotopic (exact) mass is 251 g/mol. The summed E-state index contributed by atoms with van der Waals surface area (Å²) in [5.74, 6) is 0.720. The van der Waals surface area contributed by atoms with Gasteiger partial charge in [0.1, 0.15) is 6.61 Å². The second-order valence-electron chi connectivity index (χ2n) is 4.12. The fourth-order valence-electron chi connectivity index (χ4n) is 1.71. The summed E-state index contributed by atoms with van der Waals surface area (Å²) in [6.45, 7) is 11.9. The highest BCUT2D eigenvalue weighted by atomic mass is 16.5. The van der Waals surface area contributed by atoms with Gasteiger partial charge in [0.25, 0.3) is 0 Å². The van der Waals surface area contributed by atoms with Gasteiger partial charge < -0.3 is 15.0 Å². The summed E-state index contributed by atoms with van der Waals surface area (Å²) in [5, 5.41) is 3.26.